The minimum atomic E-state index is 0. The molecule has 1 aromatic heterocycles. The molecule has 0 saturated carbocycles. The van der Waals surface area contributed by atoms with Crippen molar-refractivity contribution in [3.8, 4) is 0 Å². The van der Waals surface area contributed by atoms with Crippen LogP contribution < -0.4 is 5.43 Å². The number of aryl methyl sites for hydroxylation is 1. The molecule has 0 atom stereocenters. The summed E-state index contributed by atoms with van der Waals surface area (Å²) in [4.78, 5) is 11.5. The summed E-state index contributed by atoms with van der Waals surface area (Å²) in [6.45, 7) is 5.75. The lowest BCUT2D eigenvalue weighted by Crippen LogP contribution is -2.03. The standard InChI is InChI=1S/C10H8O2.C2H6.HI/c1-7-6-12-9-5-3-2-4-8(9)10(7)11;1-2;/h2-6H,1H3;1-2H3;1H. The lowest BCUT2D eigenvalue weighted by Gasteiger charge is -1.95. The maximum absolute atomic E-state index is 11.5. The molecule has 2 rings (SSSR count). The van der Waals surface area contributed by atoms with Crippen LogP contribution in [0.2, 0.25) is 0 Å². The quantitative estimate of drug-likeness (QED) is 0.693. The fourth-order valence-corrected chi connectivity index (χ4v) is 1.17. The Morgan fingerprint density at radius 3 is 2.40 bits per heavy atom. The smallest absolute Gasteiger partial charge is 0.195 e. The minimum Gasteiger partial charge on any atom is -0.464 e. The number of benzene rings is 1. The fraction of sp³-hybridized carbons (Fsp3) is 0.250. The molecule has 0 bridgehead atoms. The van der Waals surface area contributed by atoms with Crippen LogP contribution in [-0.2, 0) is 0 Å². The summed E-state index contributed by atoms with van der Waals surface area (Å²) in [5.41, 5.74) is 1.35. The molecule has 0 amide bonds. The summed E-state index contributed by atoms with van der Waals surface area (Å²) in [5, 5.41) is 0.650. The Bertz CT molecular complexity index is 474. The largest absolute Gasteiger partial charge is 0.464 e. The highest BCUT2D eigenvalue weighted by molar-refractivity contribution is 14.0. The molecule has 0 aliphatic carbocycles. The summed E-state index contributed by atoms with van der Waals surface area (Å²) in [7, 11) is 0. The van der Waals surface area contributed by atoms with Gasteiger partial charge in [0.1, 0.15) is 5.58 Å². The van der Waals surface area contributed by atoms with E-state index in [2.05, 4.69) is 0 Å². The average Bonchev–Trinajstić information content (AvgIpc) is 2.27. The Kier molecular flexibility index (Phi) is 6.24. The van der Waals surface area contributed by atoms with Gasteiger partial charge in [0.15, 0.2) is 5.43 Å². The first-order valence-electron chi connectivity index (χ1n) is 4.76. The molecule has 2 aromatic rings. The van der Waals surface area contributed by atoms with Crippen LogP contribution in [0.15, 0.2) is 39.7 Å². The van der Waals surface area contributed by atoms with Gasteiger partial charge in [-0.1, -0.05) is 26.0 Å². The zero-order valence-electron chi connectivity index (χ0n) is 9.11. The molecule has 0 aliphatic heterocycles. The Morgan fingerprint density at radius 2 is 1.73 bits per heavy atom. The van der Waals surface area contributed by atoms with Crippen LogP contribution >= 0.6 is 24.0 Å². The van der Waals surface area contributed by atoms with E-state index in [1.807, 2.05) is 26.0 Å². The van der Waals surface area contributed by atoms with Gasteiger partial charge in [-0.05, 0) is 19.1 Å². The molecule has 0 unspecified atom stereocenters. The maximum Gasteiger partial charge on any atom is 0.195 e. The first kappa shape index (κ1) is 14.2. The van der Waals surface area contributed by atoms with E-state index in [1.54, 1.807) is 19.1 Å². The molecular weight excluding hydrogens is 303 g/mol. The molecule has 0 spiro atoms. The van der Waals surface area contributed by atoms with Crippen LogP contribution in [-0.4, -0.2) is 0 Å². The van der Waals surface area contributed by atoms with Gasteiger partial charge in [-0.25, -0.2) is 0 Å². The number of rotatable bonds is 0. The second-order valence-corrected chi connectivity index (χ2v) is 2.74. The monoisotopic (exact) mass is 318 g/mol. The molecular formula is C12H15IO2. The van der Waals surface area contributed by atoms with E-state index >= 15 is 0 Å². The van der Waals surface area contributed by atoms with Crippen LogP contribution in [0.4, 0.5) is 0 Å². The Balaban J connectivity index is 0.000000617. The highest BCUT2D eigenvalue weighted by Gasteiger charge is 2.00. The predicted molar refractivity (Wildman–Crippen MR) is 74.0 cm³/mol. The van der Waals surface area contributed by atoms with Crippen molar-refractivity contribution >= 4 is 34.9 Å². The Hall–Kier alpha value is -0.840. The first-order chi connectivity index (χ1) is 6.79. The van der Waals surface area contributed by atoms with Gasteiger partial charge in [-0.15, -0.1) is 24.0 Å². The lowest BCUT2D eigenvalue weighted by atomic mass is 10.2. The lowest BCUT2D eigenvalue weighted by molar-refractivity contribution is 0.597. The number of halogens is 1. The van der Waals surface area contributed by atoms with Crippen LogP contribution in [0.1, 0.15) is 19.4 Å². The maximum atomic E-state index is 11.5. The number of fused-ring (bicyclic) bond motifs is 1. The summed E-state index contributed by atoms with van der Waals surface area (Å²) in [6.07, 6.45) is 1.49. The van der Waals surface area contributed by atoms with Crippen LogP contribution in [0.5, 0.6) is 0 Å². The van der Waals surface area contributed by atoms with Gasteiger partial charge in [-0.2, -0.15) is 0 Å². The first-order valence-corrected chi connectivity index (χ1v) is 4.76. The molecule has 1 aromatic carbocycles. The third kappa shape index (κ3) is 3.06. The summed E-state index contributed by atoms with van der Waals surface area (Å²) < 4.78 is 5.22. The van der Waals surface area contributed by atoms with Crippen molar-refractivity contribution < 1.29 is 4.42 Å². The van der Waals surface area contributed by atoms with E-state index in [-0.39, 0.29) is 29.4 Å². The van der Waals surface area contributed by atoms with E-state index in [1.165, 1.54) is 6.26 Å². The Labute approximate surface area is 106 Å². The highest BCUT2D eigenvalue weighted by Crippen LogP contribution is 2.09. The minimum absolute atomic E-state index is 0. The van der Waals surface area contributed by atoms with Gasteiger partial charge in [-0.3, -0.25) is 4.79 Å². The highest BCUT2D eigenvalue weighted by atomic mass is 127. The third-order valence-corrected chi connectivity index (χ3v) is 1.85. The molecule has 0 aliphatic rings. The summed E-state index contributed by atoms with van der Waals surface area (Å²) >= 11 is 0. The molecule has 1 heterocycles. The number of hydrogen-bond acceptors (Lipinski definition) is 2. The second kappa shape index (κ2) is 6.61. The van der Waals surface area contributed by atoms with E-state index in [0.29, 0.717) is 16.5 Å². The molecule has 82 valence electrons. The number of para-hydroxylation sites is 1. The molecule has 0 fully saturated rings. The van der Waals surface area contributed by atoms with Gasteiger partial charge in [0.2, 0.25) is 0 Å². The second-order valence-electron chi connectivity index (χ2n) is 2.74. The van der Waals surface area contributed by atoms with Crippen LogP contribution in [0.3, 0.4) is 0 Å². The van der Waals surface area contributed by atoms with Gasteiger partial charge in [0.05, 0.1) is 11.6 Å². The van der Waals surface area contributed by atoms with Crippen molar-refractivity contribution in [2.75, 3.05) is 0 Å². The zero-order chi connectivity index (χ0) is 10.6. The molecule has 15 heavy (non-hydrogen) atoms. The van der Waals surface area contributed by atoms with Crippen LogP contribution in [0, 0.1) is 6.92 Å². The van der Waals surface area contributed by atoms with Crippen molar-refractivity contribution in [2.24, 2.45) is 0 Å². The molecule has 0 saturated heterocycles. The normalized spacial score (nSPS) is 8.73. The SMILES string of the molecule is CC.Cc1coc2ccccc2c1=O.I. The van der Waals surface area contributed by atoms with E-state index in [4.69, 9.17) is 4.42 Å². The Morgan fingerprint density at radius 1 is 1.13 bits per heavy atom. The topological polar surface area (TPSA) is 30.2 Å². The van der Waals surface area contributed by atoms with E-state index in [0.717, 1.165) is 0 Å². The van der Waals surface area contributed by atoms with Crippen molar-refractivity contribution in [3.05, 3.63) is 46.3 Å². The third-order valence-electron chi connectivity index (χ3n) is 1.85. The van der Waals surface area contributed by atoms with Crippen molar-refractivity contribution in [1.29, 1.82) is 0 Å². The predicted octanol–water partition coefficient (Wildman–Crippen LogP) is 3.75. The van der Waals surface area contributed by atoms with Crippen LogP contribution in [0.25, 0.3) is 11.0 Å². The van der Waals surface area contributed by atoms with Gasteiger partial charge < -0.3 is 4.42 Å². The number of hydrogen-bond donors (Lipinski definition) is 0. The van der Waals surface area contributed by atoms with Crippen molar-refractivity contribution in [3.63, 3.8) is 0 Å². The molecule has 0 radical (unpaired) electrons. The van der Waals surface area contributed by atoms with Gasteiger partial charge in [0, 0.05) is 5.56 Å². The van der Waals surface area contributed by atoms with Crippen molar-refractivity contribution in [2.45, 2.75) is 20.8 Å². The zero-order valence-corrected chi connectivity index (χ0v) is 11.4. The van der Waals surface area contributed by atoms with Gasteiger partial charge >= 0.3 is 0 Å². The average molecular weight is 318 g/mol. The van der Waals surface area contributed by atoms with E-state index in [9.17, 15) is 4.79 Å². The molecule has 0 N–H and O–H groups in total. The summed E-state index contributed by atoms with van der Waals surface area (Å²) in [6, 6.07) is 7.24. The molecule has 3 heteroatoms. The molecule has 2 nitrogen and oxygen atoms in total. The van der Waals surface area contributed by atoms with Gasteiger partial charge in [0.25, 0.3) is 0 Å². The fourth-order valence-electron chi connectivity index (χ4n) is 1.17. The van der Waals surface area contributed by atoms with Crippen molar-refractivity contribution in [1.82, 2.24) is 0 Å². The summed E-state index contributed by atoms with van der Waals surface area (Å²) in [5.74, 6) is 0. The van der Waals surface area contributed by atoms with E-state index < -0.39 is 0 Å².